The highest BCUT2D eigenvalue weighted by Crippen LogP contribution is 2.53. The lowest BCUT2D eigenvalue weighted by atomic mass is 9.61. The molecule has 2 saturated heterocycles. The second-order valence-electron chi connectivity index (χ2n) is 7.94. The normalized spacial score (nSPS) is 34.1. The number of hydrogen-bond donors (Lipinski definition) is 4. The first-order valence-corrected chi connectivity index (χ1v) is 10.9. The van der Waals surface area contributed by atoms with Crippen molar-refractivity contribution in [2.24, 2.45) is 11.8 Å². The van der Waals surface area contributed by atoms with E-state index in [1.165, 1.54) is 17.5 Å². The number of halogens is 2. The van der Waals surface area contributed by atoms with E-state index < -0.39 is 0 Å². The van der Waals surface area contributed by atoms with E-state index in [0.29, 0.717) is 16.9 Å². The van der Waals surface area contributed by atoms with Crippen LogP contribution in [-0.4, -0.2) is 10.8 Å². The van der Waals surface area contributed by atoms with Crippen LogP contribution in [0.25, 0.3) is 0 Å². The Morgan fingerprint density at radius 3 is 1.75 bits per heavy atom. The van der Waals surface area contributed by atoms with Gasteiger partial charge in [-0.3, -0.25) is 5.43 Å². The van der Waals surface area contributed by atoms with E-state index in [1.807, 2.05) is 24.3 Å². The van der Waals surface area contributed by atoms with Crippen molar-refractivity contribution in [1.82, 2.24) is 21.5 Å². The van der Waals surface area contributed by atoms with Crippen molar-refractivity contribution in [3.05, 3.63) is 69.7 Å². The summed E-state index contributed by atoms with van der Waals surface area (Å²) in [5, 5.41) is 9.75. The largest absolute Gasteiger partial charge is 0.342 e. The third-order valence-electron chi connectivity index (χ3n) is 6.53. The summed E-state index contributed by atoms with van der Waals surface area (Å²) in [5.74, 6) is 0.702. The minimum Gasteiger partial charge on any atom is -0.342 e. The van der Waals surface area contributed by atoms with E-state index in [0.717, 1.165) is 22.9 Å². The molecule has 2 aromatic rings. The van der Waals surface area contributed by atoms with Crippen molar-refractivity contribution < 1.29 is 0 Å². The topological polar surface area (TPSA) is 48.1 Å². The van der Waals surface area contributed by atoms with Gasteiger partial charge < -0.3 is 10.6 Å². The third kappa shape index (κ3) is 3.01. The first-order valence-electron chi connectivity index (χ1n) is 9.69. The number of piperidine rings is 1. The van der Waals surface area contributed by atoms with Crippen molar-refractivity contribution in [3.63, 3.8) is 0 Å². The number of hydrazine groups is 1. The van der Waals surface area contributed by atoms with Crippen molar-refractivity contribution >= 4 is 40.5 Å². The molecule has 4 N–H and O–H groups in total. The van der Waals surface area contributed by atoms with Crippen LogP contribution in [0.3, 0.4) is 0 Å². The molecule has 0 aromatic heterocycles. The zero-order valence-corrected chi connectivity index (χ0v) is 17.5. The van der Waals surface area contributed by atoms with Crippen LogP contribution in [-0.2, 0) is 0 Å². The van der Waals surface area contributed by atoms with E-state index >= 15 is 0 Å². The zero-order valence-electron chi connectivity index (χ0n) is 15.2. The number of rotatable bonds is 2. The summed E-state index contributed by atoms with van der Waals surface area (Å²) in [6, 6.07) is 16.7. The Hall–Kier alpha value is -1.37. The molecule has 4 unspecified atom stereocenters. The van der Waals surface area contributed by atoms with Crippen LogP contribution in [0.4, 0.5) is 0 Å². The maximum atomic E-state index is 6.15. The first kappa shape index (κ1) is 18.6. The van der Waals surface area contributed by atoms with Gasteiger partial charge in [-0.2, -0.15) is 0 Å². The molecule has 1 spiro atoms. The molecule has 2 bridgehead atoms. The molecule has 3 aliphatic rings. The van der Waals surface area contributed by atoms with Crippen LogP contribution < -0.4 is 21.5 Å². The number of thiocarbonyl (C=S) groups is 1. The van der Waals surface area contributed by atoms with Crippen LogP contribution in [0.15, 0.2) is 48.5 Å². The van der Waals surface area contributed by atoms with Gasteiger partial charge in [-0.25, -0.2) is 5.43 Å². The van der Waals surface area contributed by atoms with E-state index in [-0.39, 0.29) is 17.7 Å². The number of nitrogens with one attached hydrogen (secondary N) is 4. The number of benzene rings is 2. The van der Waals surface area contributed by atoms with Gasteiger partial charge in [-0.1, -0.05) is 53.9 Å². The van der Waals surface area contributed by atoms with Crippen molar-refractivity contribution in [2.45, 2.75) is 37.0 Å². The minimum absolute atomic E-state index is 0.178. The third-order valence-corrected chi connectivity index (χ3v) is 7.23. The fourth-order valence-corrected chi connectivity index (χ4v) is 5.82. The van der Waals surface area contributed by atoms with Gasteiger partial charge in [0, 0.05) is 34.0 Å². The monoisotopic (exact) mass is 432 g/mol. The lowest BCUT2D eigenvalue weighted by Crippen LogP contribution is -2.71. The second kappa shape index (κ2) is 7.15. The molecule has 28 heavy (non-hydrogen) atoms. The summed E-state index contributed by atoms with van der Waals surface area (Å²) in [4.78, 5) is 0. The van der Waals surface area contributed by atoms with E-state index in [2.05, 4.69) is 45.8 Å². The predicted molar refractivity (Wildman–Crippen MR) is 117 cm³/mol. The molecular formula is C21H22Cl2N4S. The molecular weight excluding hydrogens is 411 g/mol. The smallest absolute Gasteiger partial charge is 0.182 e. The summed E-state index contributed by atoms with van der Waals surface area (Å²) >= 11 is 17.8. The van der Waals surface area contributed by atoms with Gasteiger partial charge in [0.05, 0.1) is 0 Å². The SMILES string of the molecule is S=C1NNC2(N1)C1CCCC2C(c2ccc(Cl)cc2)NC1c1ccc(Cl)cc1. The van der Waals surface area contributed by atoms with E-state index in [9.17, 15) is 0 Å². The highest BCUT2D eigenvalue weighted by atomic mass is 35.5. The van der Waals surface area contributed by atoms with Crippen LogP contribution in [0.5, 0.6) is 0 Å². The molecule has 1 aliphatic carbocycles. The summed E-state index contributed by atoms with van der Waals surface area (Å²) < 4.78 is 0. The van der Waals surface area contributed by atoms with Crippen molar-refractivity contribution in [1.29, 1.82) is 0 Å². The number of hydrogen-bond acceptors (Lipinski definition) is 3. The van der Waals surface area contributed by atoms with Gasteiger partial charge in [0.2, 0.25) is 0 Å². The second-order valence-corrected chi connectivity index (χ2v) is 9.22. The summed E-state index contributed by atoms with van der Waals surface area (Å²) in [6.07, 6.45) is 3.44. The van der Waals surface area contributed by atoms with Crippen LogP contribution in [0.2, 0.25) is 10.0 Å². The average molecular weight is 433 g/mol. The summed E-state index contributed by atoms with van der Waals surface area (Å²) in [5.41, 5.74) is 8.93. The molecule has 4 nitrogen and oxygen atoms in total. The van der Waals surface area contributed by atoms with Gasteiger partial charge in [0.15, 0.2) is 5.11 Å². The Morgan fingerprint density at radius 1 is 0.821 bits per heavy atom. The Morgan fingerprint density at radius 2 is 1.32 bits per heavy atom. The Kier molecular flexibility index (Phi) is 4.76. The molecule has 7 heteroatoms. The van der Waals surface area contributed by atoms with Crippen molar-refractivity contribution in [3.8, 4) is 0 Å². The van der Waals surface area contributed by atoms with Crippen molar-refractivity contribution in [2.75, 3.05) is 0 Å². The highest BCUT2D eigenvalue weighted by molar-refractivity contribution is 7.80. The molecule has 0 radical (unpaired) electrons. The lowest BCUT2D eigenvalue weighted by Gasteiger charge is -2.57. The van der Waals surface area contributed by atoms with E-state index in [4.69, 9.17) is 35.4 Å². The Bertz CT molecular complexity index is 827. The molecule has 2 heterocycles. The molecule has 1 saturated carbocycles. The molecule has 4 atom stereocenters. The predicted octanol–water partition coefficient (Wildman–Crippen LogP) is 4.47. The molecule has 5 rings (SSSR count). The standard InChI is InChI=1S/C21H22Cl2N4S/c22-14-8-4-12(5-9-14)18-16-2-1-3-17(21(16)25-20(28)26-27-21)19(24-18)13-6-10-15(23)11-7-13/h4-11,16-19,24,27H,1-3H2,(H2,25,26,28). The molecule has 2 aromatic carbocycles. The summed E-state index contributed by atoms with van der Waals surface area (Å²) in [6.45, 7) is 0. The fourth-order valence-electron chi connectivity index (χ4n) is 5.35. The first-order chi connectivity index (χ1) is 13.6. The Balaban J connectivity index is 1.61. The molecule has 0 amide bonds. The van der Waals surface area contributed by atoms with Gasteiger partial charge >= 0.3 is 0 Å². The van der Waals surface area contributed by atoms with Crippen LogP contribution in [0, 0.1) is 11.8 Å². The molecule has 146 valence electrons. The highest BCUT2D eigenvalue weighted by Gasteiger charge is 2.59. The van der Waals surface area contributed by atoms with Gasteiger partial charge in [0.25, 0.3) is 0 Å². The van der Waals surface area contributed by atoms with Crippen LogP contribution >= 0.6 is 35.4 Å². The zero-order chi connectivity index (χ0) is 19.3. The van der Waals surface area contributed by atoms with Gasteiger partial charge in [-0.15, -0.1) is 0 Å². The maximum Gasteiger partial charge on any atom is 0.182 e. The van der Waals surface area contributed by atoms with Gasteiger partial charge in [0.1, 0.15) is 5.66 Å². The molecule has 3 fully saturated rings. The van der Waals surface area contributed by atoms with Gasteiger partial charge in [-0.05, 0) is 60.5 Å². The van der Waals surface area contributed by atoms with E-state index in [1.54, 1.807) is 0 Å². The molecule has 2 aliphatic heterocycles. The quantitative estimate of drug-likeness (QED) is 0.527. The minimum atomic E-state index is -0.283. The maximum absolute atomic E-state index is 6.15. The Labute approximate surface area is 180 Å². The average Bonchev–Trinajstić information content (AvgIpc) is 3.05. The fraction of sp³-hybridized carbons (Fsp3) is 0.381. The summed E-state index contributed by atoms with van der Waals surface area (Å²) in [7, 11) is 0. The van der Waals surface area contributed by atoms with Crippen LogP contribution in [0.1, 0.15) is 42.5 Å². The lowest BCUT2D eigenvalue weighted by molar-refractivity contribution is -0.0261.